The third-order valence-corrected chi connectivity index (χ3v) is 4.79. The molecule has 24 heavy (non-hydrogen) atoms. The Morgan fingerprint density at radius 2 is 1.67 bits per heavy atom. The Bertz CT molecular complexity index is 795. The first kappa shape index (κ1) is 16.7. The smallest absolute Gasteiger partial charge is 0.238 e. The van der Waals surface area contributed by atoms with Gasteiger partial charge in [-0.05, 0) is 44.0 Å². The molecule has 2 aromatic carbocycles. The third-order valence-electron chi connectivity index (χ3n) is 4.55. The Hall–Kier alpha value is -2.13. The molecule has 1 aliphatic heterocycles. The monoisotopic (exact) mass is 341 g/mol. The van der Waals surface area contributed by atoms with Gasteiger partial charge < -0.3 is 0 Å². The van der Waals surface area contributed by atoms with E-state index >= 15 is 0 Å². The molecule has 2 atom stereocenters. The summed E-state index contributed by atoms with van der Waals surface area (Å²) in [5.41, 5.74) is 3.98. The van der Waals surface area contributed by atoms with Crippen LogP contribution < -0.4 is 4.90 Å². The summed E-state index contributed by atoms with van der Waals surface area (Å²) in [7, 11) is 0. The van der Waals surface area contributed by atoms with Gasteiger partial charge in [0.1, 0.15) is 0 Å². The fourth-order valence-corrected chi connectivity index (χ4v) is 3.62. The number of imide groups is 1. The van der Waals surface area contributed by atoms with Crippen molar-refractivity contribution in [2.24, 2.45) is 11.8 Å². The van der Waals surface area contributed by atoms with E-state index in [1.165, 1.54) is 16.0 Å². The molecule has 0 spiro atoms. The van der Waals surface area contributed by atoms with Crippen LogP contribution >= 0.6 is 11.6 Å². The second-order valence-corrected chi connectivity index (χ2v) is 7.02. The summed E-state index contributed by atoms with van der Waals surface area (Å²) in [5, 5.41) is 0.513. The van der Waals surface area contributed by atoms with E-state index in [0.29, 0.717) is 17.1 Å². The van der Waals surface area contributed by atoms with E-state index in [9.17, 15) is 9.59 Å². The molecule has 1 saturated heterocycles. The molecule has 2 aromatic rings. The molecule has 1 fully saturated rings. The second kappa shape index (κ2) is 6.40. The van der Waals surface area contributed by atoms with Crippen LogP contribution in [0.5, 0.6) is 0 Å². The molecule has 124 valence electrons. The normalized spacial score (nSPS) is 20.8. The topological polar surface area (TPSA) is 37.4 Å². The summed E-state index contributed by atoms with van der Waals surface area (Å²) in [4.78, 5) is 26.8. The van der Waals surface area contributed by atoms with Crippen LogP contribution in [0.3, 0.4) is 0 Å². The number of carbonyl (C=O) groups is 2. The number of halogens is 1. The lowest BCUT2D eigenvalue weighted by Gasteiger charge is -2.15. The molecule has 1 aliphatic rings. The number of rotatable bonds is 3. The van der Waals surface area contributed by atoms with Crippen LogP contribution in [0, 0.1) is 25.7 Å². The number of hydrogen-bond donors (Lipinski definition) is 0. The molecule has 1 heterocycles. The Balaban J connectivity index is 1.90. The van der Waals surface area contributed by atoms with Crippen molar-refractivity contribution >= 4 is 29.1 Å². The van der Waals surface area contributed by atoms with E-state index in [1.807, 2.05) is 20.8 Å². The van der Waals surface area contributed by atoms with Crippen LogP contribution in [0.25, 0.3) is 0 Å². The van der Waals surface area contributed by atoms with Crippen molar-refractivity contribution < 1.29 is 9.59 Å². The average Bonchev–Trinajstić information content (AvgIpc) is 2.70. The number of anilines is 1. The first-order valence-electron chi connectivity index (χ1n) is 8.07. The van der Waals surface area contributed by atoms with Crippen LogP contribution in [0.2, 0.25) is 5.02 Å². The summed E-state index contributed by atoms with van der Waals surface area (Å²) in [6.07, 6.45) is 0.575. The van der Waals surface area contributed by atoms with Crippen molar-refractivity contribution in [1.29, 1.82) is 0 Å². The van der Waals surface area contributed by atoms with Gasteiger partial charge in [0, 0.05) is 10.9 Å². The van der Waals surface area contributed by atoms with Crippen molar-refractivity contribution in [2.45, 2.75) is 27.2 Å². The standard InChI is InChI=1S/C20H20ClNO2/c1-12-7-13(2)9-15(8-12)10-18-14(3)19(23)22(20(18)24)17-6-4-5-16(21)11-17/h4-9,11,14,18H,10H2,1-3H3/t14-,18+/m0/s1. The summed E-state index contributed by atoms with van der Waals surface area (Å²) in [5.74, 6) is -0.972. The molecule has 4 heteroatoms. The van der Waals surface area contributed by atoms with Crippen LogP contribution in [0.15, 0.2) is 42.5 Å². The van der Waals surface area contributed by atoms with Crippen molar-refractivity contribution in [2.75, 3.05) is 4.90 Å². The van der Waals surface area contributed by atoms with Gasteiger partial charge in [0.05, 0.1) is 11.6 Å². The minimum Gasteiger partial charge on any atom is -0.274 e. The van der Waals surface area contributed by atoms with Gasteiger partial charge in [0.2, 0.25) is 11.8 Å². The molecule has 0 radical (unpaired) electrons. The summed E-state index contributed by atoms with van der Waals surface area (Å²) in [6, 6.07) is 13.1. The van der Waals surface area contributed by atoms with Gasteiger partial charge in [-0.25, -0.2) is 0 Å². The summed E-state index contributed by atoms with van der Waals surface area (Å²) in [6.45, 7) is 5.91. The average molecular weight is 342 g/mol. The van der Waals surface area contributed by atoms with E-state index in [4.69, 9.17) is 11.6 Å². The quantitative estimate of drug-likeness (QED) is 0.779. The fraction of sp³-hybridized carbons (Fsp3) is 0.300. The zero-order chi connectivity index (χ0) is 17.4. The molecule has 0 aliphatic carbocycles. The Labute approximate surface area is 147 Å². The van der Waals surface area contributed by atoms with E-state index in [0.717, 1.165) is 5.56 Å². The number of hydrogen-bond acceptors (Lipinski definition) is 2. The van der Waals surface area contributed by atoms with Crippen LogP contribution in [0.4, 0.5) is 5.69 Å². The van der Waals surface area contributed by atoms with E-state index in [-0.39, 0.29) is 23.7 Å². The predicted molar refractivity (Wildman–Crippen MR) is 96.2 cm³/mol. The minimum absolute atomic E-state index is 0.145. The molecule has 0 N–H and O–H groups in total. The first-order valence-corrected chi connectivity index (χ1v) is 8.45. The molecule has 0 saturated carbocycles. The van der Waals surface area contributed by atoms with Gasteiger partial charge in [0.25, 0.3) is 0 Å². The van der Waals surface area contributed by atoms with Crippen LogP contribution in [-0.4, -0.2) is 11.8 Å². The van der Waals surface area contributed by atoms with Gasteiger partial charge in [-0.2, -0.15) is 0 Å². The highest BCUT2D eigenvalue weighted by Crippen LogP contribution is 2.34. The maximum absolute atomic E-state index is 12.9. The molecule has 3 rings (SSSR count). The summed E-state index contributed by atoms with van der Waals surface area (Å²) < 4.78 is 0. The number of aryl methyl sites for hydroxylation is 2. The predicted octanol–water partition coefficient (Wildman–Crippen LogP) is 4.33. The van der Waals surface area contributed by atoms with Gasteiger partial charge in [-0.3, -0.25) is 14.5 Å². The lowest BCUT2D eigenvalue weighted by molar-refractivity contribution is -0.122. The van der Waals surface area contributed by atoms with Gasteiger partial charge >= 0.3 is 0 Å². The number of amides is 2. The second-order valence-electron chi connectivity index (χ2n) is 6.59. The Kier molecular flexibility index (Phi) is 4.46. The van der Waals surface area contributed by atoms with E-state index in [2.05, 4.69) is 18.2 Å². The van der Waals surface area contributed by atoms with Gasteiger partial charge in [0.15, 0.2) is 0 Å². The zero-order valence-electron chi connectivity index (χ0n) is 14.0. The number of carbonyl (C=O) groups excluding carboxylic acids is 2. The van der Waals surface area contributed by atoms with Gasteiger partial charge in [-0.1, -0.05) is 53.9 Å². The lowest BCUT2D eigenvalue weighted by Crippen LogP contribution is -2.31. The molecule has 2 amide bonds. The molecule has 3 nitrogen and oxygen atoms in total. The highest BCUT2D eigenvalue weighted by atomic mass is 35.5. The minimum atomic E-state index is -0.336. The van der Waals surface area contributed by atoms with E-state index < -0.39 is 0 Å². The molecule has 0 unspecified atom stereocenters. The van der Waals surface area contributed by atoms with Crippen molar-refractivity contribution in [3.63, 3.8) is 0 Å². The molecule has 0 bridgehead atoms. The molecular formula is C20H20ClNO2. The van der Waals surface area contributed by atoms with Crippen LogP contribution in [-0.2, 0) is 16.0 Å². The summed E-state index contributed by atoms with van der Waals surface area (Å²) >= 11 is 6.01. The van der Waals surface area contributed by atoms with Gasteiger partial charge in [-0.15, -0.1) is 0 Å². The van der Waals surface area contributed by atoms with Crippen molar-refractivity contribution in [3.05, 3.63) is 64.2 Å². The Morgan fingerprint density at radius 3 is 2.29 bits per heavy atom. The third kappa shape index (κ3) is 3.09. The lowest BCUT2D eigenvalue weighted by atomic mass is 9.89. The largest absolute Gasteiger partial charge is 0.274 e. The first-order chi connectivity index (χ1) is 11.4. The fourth-order valence-electron chi connectivity index (χ4n) is 3.44. The maximum atomic E-state index is 12.9. The molecular weight excluding hydrogens is 322 g/mol. The highest BCUT2D eigenvalue weighted by Gasteiger charge is 2.45. The highest BCUT2D eigenvalue weighted by molar-refractivity contribution is 6.31. The van der Waals surface area contributed by atoms with E-state index in [1.54, 1.807) is 24.3 Å². The maximum Gasteiger partial charge on any atom is 0.238 e. The van der Waals surface area contributed by atoms with Crippen molar-refractivity contribution in [3.8, 4) is 0 Å². The molecule has 0 aromatic heterocycles. The number of benzene rings is 2. The Morgan fingerprint density at radius 1 is 1.00 bits per heavy atom. The van der Waals surface area contributed by atoms with Crippen LogP contribution in [0.1, 0.15) is 23.6 Å². The van der Waals surface area contributed by atoms with Crippen molar-refractivity contribution in [1.82, 2.24) is 0 Å². The zero-order valence-corrected chi connectivity index (χ0v) is 14.8. The number of nitrogens with zero attached hydrogens (tertiary/aromatic N) is 1. The SMILES string of the molecule is Cc1cc(C)cc(C[C@H]2C(=O)N(c3cccc(Cl)c3)C(=O)[C@H]2C)c1.